The van der Waals surface area contributed by atoms with Gasteiger partial charge in [0.1, 0.15) is 18.5 Å². The number of rotatable bonds is 12. The molecular formula is C25H30Cl3NO7S. The molecule has 0 bridgehead atoms. The SMILES string of the molecule is CC(=O)O[C@@H](CCl)COc1c(Cl)cc(S(=O)(=O)c2ccc(OC[C@H](C)CN3CCOCC3)cc2)cc1Cl. The van der Waals surface area contributed by atoms with Gasteiger partial charge >= 0.3 is 5.97 Å². The van der Waals surface area contributed by atoms with Gasteiger partial charge in [-0.15, -0.1) is 11.6 Å². The lowest BCUT2D eigenvalue weighted by Gasteiger charge is -2.29. The average Bonchev–Trinajstić information content (AvgIpc) is 2.86. The monoisotopic (exact) mass is 593 g/mol. The van der Waals surface area contributed by atoms with E-state index in [2.05, 4.69) is 11.8 Å². The number of nitrogens with zero attached hydrogens (tertiary/aromatic N) is 1. The average molecular weight is 595 g/mol. The third kappa shape index (κ3) is 8.63. The number of halogens is 3. The van der Waals surface area contributed by atoms with Crippen LogP contribution in [-0.2, 0) is 24.1 Å². The number of benzene rings is 2. The summed E-state index contributed by atoms with van der Waals surface area (Å²) >= 11 is 18.3. The zero-order chi connectivity index (χ0) is 27.0. The molecule has 0 saturated carbocycles. The number of ether oxygens (including phenoxy) is 4. The number of hydrogen-bond acceptors (Lipinski definition) is 8. The van der Waals surface area contributed by atoms with Crippen molar-refractivity contribution in [2.75, 3.05) is 51.9 Å². The molecule has 0 unspecified atom stereocenters. The fraction of sp³-hybridized carbons (Fsp3) is 0.480. The minimum Gasteiger partial charge on any atom is -0.493 e. The molecule has 0 radical (unpaired) electrons. The predicted molar refractivity (Wildman–Crippen MR) is 142 cm³/mol. The first-order valence-corrected chi connectivity index (χ1v) is 14.5. The van der Waals surface area contributed by atoms with Crippen LogP contribution >= 0.6 is 34.8 Å². The van der Waals surface area contributed by atoms with E-state index in [1.807, 2.05) is 0 Å². The third-order valence-electron chi connectivity index (χ3n) is 5.54. The number of carbonyl (C=O) groups excluding carboxylic acids is 1. The highest BCUT2D eigenvalue weighted by molar-refractivity contribution is 7.91. The Morgan fingerprint density at radius 3 is 2.22 bits per heavy atom. The highest BCUT2D eigenvalue weighted by Gasteiger charge is 2.23. The minimum absolute atomic E-state index is 0.00330. The Bertz CT molecular complexity index is 1130. The number of hydrogen-bond donors (Lipinski definition) is 0. The van der Waals surface area contributed by atoms with Gasteiger partial charge in [-0.2, -0.15) is 0 Å². The molecule has 1 aliphatic heterocycles. The van der Waals surface area contributed by atoms with Crippen molar-refractivity contribution in [2.45, 2.75) is 29.7 Å². The van der Waals surface area contributed by atoms with Crippen molar-refractivity contribution >= 4 is 50.6 Å². The van der Waals surface area contributed by atoms with Gasteiger partial charge in [0.25, 0.3) is 0 Å². The Morgan fingerprint density at radius 2 is 1.65 bits per heavy atom. The van der Waals surface area contributed by atoms with Crippen LogP contribution in [0.5, 0.6) is 11.5 Å². The molecule has 204 valence electrons. The van der Waals surface area contributed by atoms with Gasteiger partial charge in [-0.05, 0) is 36.4 Å². The lowest BCUT2D eigenvalue weighted by Crippen LogP contribution is -2.39. The Morgan fingerprint density at radius 1 is 1.03 bits per heavy atom. The molecule has 2 atom stereocenters. The largest absolute Gasteiger partial charge is 0.493 e. The van der Waals surface area contributed by atoms with Gasteiger partial charge in [0.05, 0.1) is 45.5 Å². The Kier molecular flexibility index (Phi) is 11.2. The summed E-state index contributed by atoms with van der Waals surface area (Å²) in [6.45, 7) is 8.03. The summed E-state index contributed by atoms with van der Waals surface area (Å²) in [4.78, 5) is 13.5. The van der Waals surface area contributed by atoms with Crippen molar-refractivity contribution in [1.29, 1.82) is 0 Å². The van der Waals surface area contributed by atoms with Gasteiger partial charge in [0.2, 0.25) is 9.84 Å². The predicted octanol–water partition coefficient (Wildman–Crippen LogP) is 4.72. The normalized spacial score (nSPS) is 16.1. The Labute approximate surface area is 232 Å². The summed E-state index contributed by atoms with van der Waals surface area (Å²) < 4.78 is 48.2. The summed E-state index contributed by atoms with van der Waals surface area (Å²) in [6.07, 6.45) is -0.710. The van der Waals surface area contributed by atoms with Crippen LogP contribution < -0.4 is 9.47 Å². The van der Waals surface area contributed by atoms with Crippen LogP contribution in [0.4, 0.5) is 0 Å². The summed E-state index contributed by atoms with van der Waals surface area (Å²) in [5.74, 6) is 0.453. The molecule has 37 heavy (non-hydrogen) atoms. The van der Waals surface area contributed by atoms with Gasteiger partial charge in [-0.1, -0.05) is 30.1 Å². The maximum atomic E-state index is 13.2. The number of sulfone groups is 1. The van der Waals surface area contributed by atoms with Crippen LogP contribution in [0.3, 0.4) is 0 Å². The van der Waals surface area contributed by atoms with E-state index in [0.29, 0.717) is 18.3 Å². The highest BCUT2D eigenvalue weighted by Crippen LogP contribution is 2.37. The quantitative estimate of drug-likeness (QED) is 0.258. The van der Waals surface area contributed by atoms with Crippen molar-refractivity contribution < 1.29 is 32.2 Å². The number of esters is 1. The zero-order valence-electron chi connectivity index (χ0n) is 20.6. The van der Waals surface area contributed by atoms with E-state index in [-0.39, 0.29) is 38.1 Å². The van der Waals surface area contributed by atoms with Crippen LogP contribution in [0.1, 0.15) is 13.8 Å². The lowest BCUT2D eigenvalue weighted by molar-refractivity contribution is -0.146. The molecule has 0 aliphatic carbocycles. The molecule has 1 saturated heterocycles. The van der Waals surface area contributed by atoms with Crippen LogP contribution in [0, 0.1) is 5.92 Å². The molecule has 2 aromatic carbocycles. The molecule has 0 amide bonds. The molecule has 8 nitrogen and oxygen atoms in total. The van der Waals surface area contributed by atoms with Crippen molar-refractivity contribution in [3.63, 3.8) is 0 Å². The number of morpholine rings is 1. The highest BCUT2D eigenvalue weighted by atomic mass is 35.5. The first-order valence-electron chi connectivity index (χ1n) is 11.7. The first kappa shape index (κ1) is 29.8. The van der Waals surface area contributed by atoms with Crippen molar-refractivity contribution in [3.8, 4) is 11.5 Å². The summed E-state index contributed by atoms with van der Waals surface area (Å²) in [7, 11) is -3.91. The molecule has 0 N–H and O–H groups in total. The molecule has 1 aliphatic rings. The zero-order valence-corrected chi connectivity index (χ0v) is 23.7. The topological polar surface area (TPSA) is 91.4 Å². The molecule has 0 spiro atoms. The van der Waals surface area contributed by atoms with E-state index in [9.17, 15) is 13.2 Å². The van der Waals surface area contributed by atoms with E-state index in [1.54, 1.807) is 12.1 Å². The van der Waals surface area contributed by atoms with E-state index in [1.165, 1.54) is 31.2 Å². The molecule has 12 heteroatoms. The van der Waals surface area contributed by atoms with E-state index in [0.717, 1.165) is 32.8 Å². The number of carbonyl (C=O) groups is 1. The van der Waals surface area contributed by atoms with Crippen LogP contribution in [0.2, 0.25) is 10.0 Å². The molecule has 0 aromatic heterocycles. The lowest BCUT2D eigenvalue weighted by atomic mass is 10.2. The molecular weight excluding hydrogens is 565 g/mol. The van der Waals surface area contributed by atoms with Crippen LogP contribution in [0.25, 0.3) is 0 Å². The van der Waals surface area contributed by atoms with Gasteiger partial charge in [-0.25, -0.2) is 8.42 Å². The van der Waals surface area contributed by atoms with E-state index >= 15 is 0 Å². The fourth-order valence-electron chi connectivity index (χ4n) is 3.72. The minimum atomic E-state index is -3.91. The Hall–Kier alpha value is -1.75. The van der Waals surface area contributed by atoms with Crippen molar-refractivity contribution in [1.82, 2.24) is 4.90 Å². The van der Waals surface area contributed by atoms with E-state index < -0.39 is 21.9 Å². The van der Waals surface area contributed by atoms with Crippen molar-refractivity contribution in [3.05, 3.63) is 46.4 Å². The molecule has 1 heterocycles. The van der Waals surface area contributed by atoms with Crippen LogP contribution in [0.15, 0.2) is 46.2 Å². The maximum absolute atomic E-state index is 13.2. The smallest absolute Gasteiger partial charge is 0.303 e. The standard InChI is InChI=1S/C25H30Cl3NO7S/c1-17(14-29-7-9-33-10-8-29)15-34-19-3-5-21(6-4-19)37(31,32)22-11-23(27)25(24(28)12-22)35-16-20(13-26)36-18(2)30/h3-6,11-12,17,20H,7-10,13-16H2,1-2H3/t17-,20+/m1/s1. The second-order valence-corrected chi connectivity index (χ2v) is 11.8. The van der Waals surface area contributed by atoms with Crippen molar-refractivity contribution in [2.24, 2.45) is 5.92 Å². The summed E-state index contributed by atoms with van der Waals surface area (Å²) in [6, 6.07) is 8.73. The first-order chi connectivity index (χ1) is 17.6. The van der Waals surface area contributed by atoms with Gasteiger partial charge in [0.15, 0.2) is 5.75 Å². The van der Waals surface area contributed by atoms with E-state index in [4.69, 9.17) is 53.8 Å². The third-order valence-corrected chi connectivity index (χ3v) is 8.20. The van der Waals surface area contributed by atoms with Gasteiger partial charge < -0.3 is 18.9 Å². The maximum Gasteiger partial charge on any atom is 0.303 e. The summed E-state index contributed by atoms with van der Waals surface area (Å²) in [5, 5.41) is -0.00661. The second kappa shape index (κ2) is 13.9. The fourth-order valence-corrected chi connectivity index (χ4v) is 5.91. The molecule has 1 fully saturated rings. The van der Waals surface area contributed by atoms with Gasteiger partial charge in [0, 0.05) is 32.5 Å². The summed E-state index contributed by atoms with van der Waals surface area (Å²) in [5.41, 5.74) is 0. The second-order valence-electron chi connectivity index (χ2n) is 8.72. The van der Waals surface area contributed by atoms with Crippen LogP contribution in [-0.4, -0.2) is 77.3 Å². The molecule has 2 aromatic rings. The number of alkyl halides is 1. The van der Waals surface area contributed by atoms with Gasteiger partial charge in [-0.3, -0.25) is 9.69 Å². The Balaban J connectivity index is 1.63. The molecule has 3 rings (SSSR count).